The van der Waals surface area contributed by atoms with Gasteiger partial charge in [0.1, 0.15) is 0 Å². The molecule has 20 heavy (non-hydrogen) atoms. The lowest BCUT2D eigenvalue weighted by Crippen LogP contribution is -2.55. The Balaban J connectivity index is 2.38. The van der Waals surface area contributed by atoms with Crippen LogP contribution in [-0.2, 0) is 19.6 Å². The number of ether oxygens (including phenoxy) is 1. The van der Waals surface area contributed by atoms with Gasteiger partial charge in [-0.25, -0.2) is 8.42 Å². The van der Waals surface area contributed by atoms with E-state index >= 15 is 0 Å². The maximum atomic E-state index is 12.4. The first kappa shape index (κ1) is 15.2. The monoisotopic (exact) mass is 319 g/mol. The van der Waals surface area contributed by atoms with Gasteiger partial charge in [0.15, 0.2) is 5.54 Å². The number of carbonyl (C=O) groups is 1. The number of aryl methyl sites for hydroxylation is 1. The molecular formula is C12H14ClNO5S. The van der Waals surface area contributed by atoms with Crippen LogP contribution in [0.15, 0.2) is 23.1 Å². The maximum absolute atomic E-state index is 12.4. The van der Waals surface area contributed by atoms with Crippen LogP contribution in [0.3, 0.4) is 0 Å². The number of hydrogen-bond donors (Lipinski definition) is 2. The van der Waals surface area contributed by atoms with E-state index in [1.54, 1.807) is 6.92 Å². The SMILES string of the molecule is Cc1cc(Cl)ccc1S(=O)(=O)N[C@]1(C(=O)O)CCOC1. The number of benzene rings is 1. The summed E-state index contributed by atoms with van der Waals surface area (Å²) in [5.41, 5.74) is -1.16. The molecule has 0 aromatic heterocycles. The quantitative estimate of drug-likeness (QED) is 0.869. The van der Waals surface area contributed by atoms with Crippen molar-refractivity contribution in [2.24, 2.45) is 0 Å². The lowest BCUT2D eigenvalue weighted by Gasteiger charge is -2.24. The zero-order valence-corrected chi connectivity index (χ0v) is 12.3. The summed E-state index contributed by atoms with van der Waals surface area (Å²) in [6.45, 7) is 1.61. The molecule has 0 bridgehead atoms. The fraction of sp³-hybridized carbons (Fsp3) is 0.417. The van der Waals surface area contributed by atoms with Gasteiger partial charge in [-0.3, -0.25) is 4.79 Å². The van der Waals surface area contributed by atoms with Gasteiger partial charge in [-0.1, -0.05) is 11.6 Å². The van der Waals surface area contributed by atoms with Gasteiger partial charge >= 0.3 is 5.97 Å². The minimum atomic E-state index is -3.96. The highest BCUT2D eigenvalue weighted by atomic mass is 35.5. The van der Waals surface area contributed by atoms with E-state index in [1.165, 1.54) is 18.2 Å². The Morgan fingerprint density at radius 3 is 2.70 bits per heavy atom. The van der Waals surface area contributed by atoms with E-state index < -0.39 is 21.5 Å². The number of carboxylic acid groups (broad SMARTS) is 1. The average molecular weight is 320 g/mol. The summed E-state index contributed by atoms with van der Waals surface area (Å²) in [5.74, 6) is -1.25. The van der Waals surface area contributed by atoms with E-state index in [-0.39, 0.29) is 24.5 Å². The second-order valence-electron chi connectivity index (χ2n) is 4.71. The van der Waals surface area contributed by atoms with E-state index in [9.17, 15) is 18.3 Å². The molecule has 1 aromatic rings. The van der Waals surface area contributed by atoms with Crippen LogP contribution in [0.1, 0.15) is 12.0 Å². The fourth-order valence-electron chi connectivity index (χ4n) is 2.08. The Labute approximate surface area is 121 Å². The Kier molecular flexibility index (Phi) is 4.06. The summed E-state index contributed by atoms with van der Waals surface area (Å²) in [6, 6.07) is 4.31. The molecule has 2 rings (SSSR count). The van der Waals surface area contributed by atoms with E-state index in [2.05, 4.69) is 4.72 Å². The van der Waals surface area contributed by atoms with Crippen molar-refractivity contribution < 1.29 is 23.1 Å². The third-order valence-corrected chi connectivity index (χ3v) is 5.12. The second kappa shape index (κ2) is 5.33. The third-order valence-electron chi connectivity index (χ3n) is 3.19. The van der Waals surface area contributed by atoms with Gasteiger partial charge in [0.25, 0.3) is 0 Å². The summed E-state index contributed by atoms with van der Waals surface area (Å²) in [4.78, 5) is 11.4. The van der Waals surface area contributed by atoms with E-state index in [4.69, 9.17) is 16.3 Å². The van der Waals surface area contributed by atoms with E-state index in [0.29, 0.717) is 10.6 Å². The van der Waals surface area contributed by atoms with Crippen molar-refractivity contribution in [3.63, 3.8) is 0 Å². The molecule has 0 radical (unpaired) electrons. The summed E-state index contributed by atoms with van der Waals surface area (Å²) in [7, 11) is -3.96. The highest BCUT2D eigenvalue weighted by Crippen LogP contribution is 2.25. The van der Waals surface area contributed by atoms with Crippen LogP contribution < -0.4 is 4.72 Å². The lowest BCUT2D eigenvalue weighted by atomic mass is 10.0. The van der Waals surface area contributed by atoms with Gasteiger partial charge in [0.05, 0.1) is 11.5 Å². The van der Waals surface area contributed by atoms with Crippen LogP contribution in [0.25, 0.3) is 0 Å². The summed E-state index contributed by atoms with van der Waals surface area (Å²) in [6.07, 6.45) is 0.0915. The lowest BCUT2D eigenvalue weighted by molar-refractivity contribution is -0.144. The Hall–Kier alpha value is -1.15. The molecule has 1 aliphatic rings. The highest BCUT2D eigenvalue weighted by Gasteiger charge is 2.46. The molecule has 1 atom stereocenters. The van der Waals surface area contributed by atoms with Crippen molar-refractivity contribution in [1.29, 1.82) is 0 Å². The largest absolute Gasteiger partial charge is 0.480 e. The Morgan fingerprint density at radius 2 is 2.20 bits per heavy atom. The number of sulfonamides is 1. The minimum absolute atomic E-state index is 0.00873. The number of rotatable bonds is 4. The van der Waals surface area contributed by atoms with E-state index in [1.807, 2.05) is 0 Å². The van der Waals surface area contributed by atoms with Crippen molar-refractivity contribution in [3.8, 4) is 0 Å². The summed E-state index contributed by atoms with van der Waals surface area (Å²) < 4.78 is 32.0. The molecule has 1 heterocycles. The van der Waals surface area contributed by atoms with Crippen LogP contribution in [0.2, 0.25) is 5.02 Å². The molecule has 0 amide bonds. The van der Waals surface area contributed by atoms with E-state index in [0.717, 1.165) is 0 Å². The maximum Gasteiger partial charge on any atom is 0.327 e. The van der Waals surface area contributed by atoms with Gasteiger partial charge in [0, 0.05) is 18.1 Å². The fourth-order valence-corrected chi connectivity index (χ4v) is 3.91. The molecule has 6 nitrogen and oxygen atoms in total. The van der Waals surface area contributed by atoms with Gasteiger partial charge in [0.2, 0.25) is 10.0 Å². The molecule has 1 aliphatic heterocycles. The standard InChI is InChI=1S/C12H14ClNO5S/c1-8-6-9(13)2-3-10(8)20(17,18)14-12(11(15)16)4-5-19-7-12/h2-3,6,14H,4-5,7H2,1H3,(H,15,16)/t12-/m1/s1. The summed E-state index contributed by atoms with van der Waals surface area (Å²) in [5, 5.41) is 9.67. The first-order valence-corrected chi connectivity index (χ1v) is 7.74. The zero-order valence-electron chi connectivity index (χ0n) is 10.7. The number of carboxylic acids is 1. The molecule has 1 fully saturated rings. The van der Waals surface area contributed by atoms with Gasteiger partial charge in [-0.15, -0.1) is 0 Å². The first-order valence-electron chi connectivity index (χ1n) is 5.88. The first-order chi connectivity index (χ1) is 9.27. The molecule has 2 N–H and O–H groups in total. The van der Waals surface area contributed by atoms with Crippen LogP contribution in [0.5, 0.6) is 0 Å². The van der Waals surface area contributed by atoms with Crippen molar-refractivity contribution in [1.82, 2.24) is 4.72 Å². The molecule has 0 saturated carbocycles. The normalized spacial score (nSPS) is 22.9. The van der Waals surface area contributed by atoms with Gasteiger partial charge in [-0.05, 0) is 30.7 Å². The van der Waals surface area contributed by atoms with Crippen LogP contribution in [0, 0.1) is 6.92 Å². The third kappa shape index (κ3) is 2.80. The predicted molar refractivity (Wildman–Crippen MR) is 72.3 cm³/mol. The van der Waals surface area contributed by atoms with Crippen molar-refractivity contribution in [3.05, 3.63) is 28.8 Å². The zero-order chi connectivity index (χ0) is 15.0. The van der Waals surface area contributed by atoms with Crippen LogP contribution >= 0.6 is 11.6 Å². The summed E-state index contributed by atoms with van der Waals surface area (Å²) >= 11 is 5.79. The molecular weight excluding hydrogens is 306 g/mol. The molecule has 0 spiro atoms. The number of nitrogens with one attached hydrogen (secondary N) is 1. The van der Waals surface area contributed by atoms with Crippen molar-refractivity contribution in [2.45, 2.75) is 23.8 Å². The Morgan fingerprint density at radius 1 is 1.50 bits per heavy atom. The van der Waals surface area contributed by atoms with Crippen LogP contribution in [-0.4, -0.2) is 38.2 Å². The number of hydrogen-bond acceptors (Lipinski definition) is 4. The number of aliphatic carboxylic acids is 1. The molecule has 0 aliphatic carbocycles. The molecule has 1 aromatic carbocycles. The van der Waals surface area contributed by atoms with Gasteiger partial charge in [-0.2, -0.15) is 4.72 Å². The molecule has 8 heteroatoms. The topological polar surface area (TPSA) is 92.7 Å². The van der Waals surface area contributed by atoms with Crippen molar-refractivity contribution >= 4 is 27.6 Å². The average Bonchev–Trinajstić information content (AvgIpc) is 2.77. The van der Waals surface area contributed by atoms with Crippen molar-refractivity contribution in [2.75, 3.05) is 13.2 Å². The predicted octanol–water partition coefficient (Wildman–Crippen LogP) is 1.17. The molecule has 1 saturated heterocycles. The minimum Gasteiger partial charge on any atom is -0.480 e. The van der Waals surface area contributed by atoms with Crippen LogP contribution in [0.4, 0.5) is 0 Å². The second-order valence-corrected chi connectivity index (χ2v) is 6.79. The Bertz CT molecular complexity index is 637. The molecule has 0 unspecified atom stereocenters. The van der Waals surface area contributed by atoms with Gasteiger partial charge < -0.3 is 9.84 Å². The smallest absolute Gasteiger partial charge is 0.327 e. The highest BCUT2D eigenvalue weighted by molar-refractivity contribution is 7.89. The number of halogens is 1. The molecule has 110 valence electrons.